The summed E-state index contributed by atoms with van der Waals surface area (Å²) in [5, 5.41) is 0. The lowest BCUT2D eigenvalue weighted by atomic mass is 9.98. The van der Waals surface area contributed by atoms with E-state index in [1.807, 2.05) is 60.7 Å². The van der Waals surface area contributed by atoms with Gasteiger partial charge in [0.25, 0.3) is 5.56 Å². The minimum Gasteiger partial charge on any atom is -0.374 e. The molecule has 4 rings (SSSR count). The van der Waals surface area contributed by atoms with Crippen molar-refractivity contribution in [2.24, 2.45) is 0 Å². The van der Waals surface area contributed by atoms with Crippen LogP contribution in [0.25, 0.3) is 0 Å². The summed E-state index contributed by atoms with van der Waals surface area (Å²) in [5.41, 5.74) is -1.58. The molecule has 0 amide bonds. The lowest BCUT2D eigenvalue weighted by molar-refractivity contribution is -0.165. The van der Waals surface area contributed by atoms with Crippen LogP contribution >= 0.6 is 0 Å². The summed E-state index contributed by atoms with van der Waals surface area (Å²) >= 11 is 0. The lowest BCUT2D eigenvalue weighted by Crippen LogP contribution is -2.49. The fraction of sp³-hybridized carbons (Fsp3) is 0.292. The van der Waals surface area contributed by atoms with E-state index in [2.05, 4.69) is 4.98 Å². The monoisotopic (exact) mass is 454 g/mol. The molecule has 0 radical (unpaired) electrons. The van der Waals surface area contributed by atoms with E-state index < -0.39 is 41.6 Å². The number of carbonyl (C=O) groups is 1. The molecule has 2 heterocycles. The minimum atomic E-state index is -1.76. The molecule has 0 spiro atoms. The zero-order valence-corrected chi connectivity index (χ0v) is 17.7. The number of hydrogen-bond acceptors (Lipinski definition) is 6. The normalized spacial score (nSPS) is 22.5. The smallest absolute Gasteiger partial charge is 0.330 e. The average molecular weight is 454 g/mol. The second-order valence-corrected chi connectivity index (χ2v) is 7.74. The Kier molecular flexibility index (Phi) is 6.93. The van der Waals surface area contributed by atoms with Gasteiger partial charge in [0.1, 0.15) is 6.67 Å². The molecule has 0 bridgehead atoms. The maximum Gasteiger partial charge on any atom is 0.330 e. The van der Waals surface area contributed by atoms with Crippen LogP contribution in [-0.2, 0) is 32.2 Å². The van der Waals surface area contributed by atoms with Crippen molar-refractivity contribution in [2.75, 3.05) is 13.3 Å². The second kappa shape index (κ2) is 10.0. The van der Waals surface area contributed by atoms with Gasteiger partial charge in [-0.2, -0.15) is 0 Å². The summed E-state index contributed by atoms with van der Waals surface area (Å²) in [4.78, 5) is 39.0. The SMILES string of the molecule is O=C1[C@H](n2ccc(=O)[nH]c2=O)O[C@](CF)(COCc2ccccc2)[C@H]1OCc1ccccc1. The zero-order chi connectivity index (χ0) is 23.3. The van der Waals surface area contributed by atoms with Gasteiger partial charge in [0.05, 0.1) is 19.8 Å². The number of aromatic nitrogens is 2. The Labute approximate surface area is 188 Å². The van der Waals surface area contributed by atoms with Crippen molar-refractivity contribution >= 4 is 5.78 Å². The third kappa shape index (κ3) is 5.00. The van der Waals surface area contributed by atoms with Gasteiger partial charge >= 0.3 is 5.69 Å². The molecule has 1 aliphatic rings. The van der Waals surface area contributed by atoms with Crippen LogP contribution in [0.5, 0.6) is 0 Å². The molecule has 0 aliphatic carbocycles. The summed E-state index contributed by atoms with van der Waals surface area (Å²) in [5.74, 6) is -0.638. The van der Waals surface area contributed by atoms with Crippen molar-refractivity contribution in [3.05, 3.63) is 105 Å². The number of ether oxygens (including phenoxy) is 3. The zero-order valence-electron chi connectivity index (χ0n) is 17.7. The van der Waals surface area contributed by atoms with Gasteiger partial charge in [-0.3, -0.25) is 19.1 Å². The topological polar surface area (TPSA) is 99.6 Å². The first-order chi connectivity index (χ1) is 16.0. The van der Waals surface area contributed by atoms with Crippen molar-refractivity contribution in [3.8, 4) is 0 Å². The standard InChI is InChI=1S/C24H23FN2O6/c25-15-24(16-31-13-17-7-3-1-4-8-17)21(32-14-18-9-5-2-6-10-18)20(29)22(33-24)27-12-11-19(28)26-23(27)30/h1-12,21-22H,13-16H2,(H,26,28,30)/t21-,22+,24+/m0/s1. The molecule has 1 aromatic heterocycles. The van der Waals surface area contributed by atoms with E-state index in [1.54, 1.807) is 0 Å². The van der Waals surface area contributed by atoms with Gasteiger partial charge in [-0.1, -0.05) is 60.7 Å². The van der Waals surface area contributed by atoms with Gasteiger partial charge in [0, 0.05) is 12.3 Å². The first-order valence-corrected chi connectivity index (χ1v) is 10.4. The fourth-order valence-corrected chi connectivity index (χ4v) is 3.69. The maximum atomic E-state index is 14.5. The molecule has 8 nitrogen and oxygen atoms in total. The van der Waals surface area contributed by atoms with Gasteiger partial charge < -0.3 is 14.2 Å². The molecular weight excluding hydrogens is 431 g/mol. The van der Waals surface area contributed by atoms with Crippen LogP contribution in [0.2, 0.25) is 0 Å². The van der Waals surface area contributed by atoms with E-state index in [1.165, 1.54) is 0 Å². The number of rotatable bonds is 9. The maximum absolute atomic E-state index is 14.5. The predicted octanol–water partition coefficient (Wildman–Crippen LogP) is 2.14. The number of hydrogen-bond donors (Lipinski definition) is 1. The third-order valence-electron chi connectivity index (χ3n) is 5.37. The molecule has 1 saturated heterocycles. The van der Waals surface area contributed by atoms with E-state index in [9.17, 15) is 18.8 Å². The van der Waals surface area contributed by atoms with Crippen LogP contribution in [0, 0.1) is 0 Å². The molecular formula is C24H23FN2O6. The highest BCUT2D eigenvalue weighted by Crippen LogP contribution is 2.37. The van der Waals surface area contributed by atoms with Crippen molar-refractivity contribution < 1.29 is 23.4 Å². The average Bonchev–Trinajstić information content (AvgIpc) is 3.10. The summed E-state index contributed by atoms with van der Waals surface area (Å²) < 4.78 is 32.8. The first kappa shape index (κ1) is 22.8. The van der Waals surface area contributed by atoms with Crippen LogP contribution in [0.3, 0.4) is 0 Å². The lowest BCUT2D eigenvalue weighted by Gasteiger charge is -2.30. The van der Waals surface area contributed by atoms with E-state index in [4.69, 9.17) is 14.2 Å². The van der Waals surface area contributed by atoms with Crippen LogP contribution in [0.15, 0.2) is 82.5 Å². The van der Waals surface area contributed by atoms with Crippen molar-refractivity contribution in [3.63, 3.8) is 0 Å². The quantitative estimate of drug-likeness (QED) is 0.532. The Balaban J connectivity index is 1.59. The molecule has 3 aromatic rings. The molecule has 2 aromatic carbocycles. The Hall–Kier alpha value is -3.40. The van der Waals surface area contributed by atoms with E-state index in [0.717, 1.165) is 28.0 Å². The molecule has 3 atom stereocenters. The van der Waals surface area contributed by atoms with E-state index >= 15 is 0 Å². The number of benzene rings is 2. The van der Waals surface area contributed by atoms with Gasteiger partial charge in [0.2, 0.25) is 12.0 Å². The number of H-pyrrole nitrogens is 1. The minimum absolute atomic E-state index is 0.0360. The predicted molar refractivity (Wildman–Crippen MR) is 116 cm³/mol. The summed E-state index contributed by atoms with van der Waals surface area (Å²) in [7, 11) is 0. The molecule has 1 N–H and O–H groups in total. The van der Waals surface area contributed by atoms with Crippen LogP contribution in [0.1, 0.15) is 17.4 Å². The highest BCUT2D eigenvalue weighted by molar-refractivity contribution is 5.89. The van der Waals surface area contributed by atoms with Gasteiger partial charge in [-0.25, -0.2) is 9.18 Å². The van der Waals surface area contributed by atoms with Crippen molar-refractivity contribution in [1.29, 1.82) is 0 Å². The number of carbonyl (C=O) groups excluding carboxylic acids is 1. The second-order valence-electron chi connectivity index (χ2n) is 7.74. The van der Waals surface area contributed by atoms with Gasteiger partial charge in [-0.15, -0.1) is 0 Å². The number of aromatic amines is 1. The van der Waals surface area contributed by atoms with Gasteiger partial charge in [0.15, 0.2) is 11.7 Å². The van der Waals surface area contributed by atoms with E-state index in [-0.39, 0.29) is 19.8 Å². The number of Topliss-reactive ketones (excluding diaryl/α,β-unsaturated/α-hetero) is 1. The van der Waals surface area contributed by atoms with Crippen LogP contribution in [0.4, 0.5) is 4.39 Å². The first-order valence-electron chi connectivity index (χ1n) is 10.4. The van der Waals surface area contributed by atoms with Crippen molar-refractivity contribution in [2.45, 2.75) is 31.1 Å². The fourth-order valence-electron chi connectivity index (χ4n) is 3.69. The molecule has 0 saturated carbocycles. The molecule has 9 heteroatoms. The molecule has 172 valence electrons. The number of alkyl halides is 1. The van der Waals surface area contributed by atoms with Crippen molar-refractivity contribution in [1.82, 2.24) is 9.55 Å². The molecule has 1 aliphatic heterocycles. The highest BCUT2D eigenvalue weighted by Gasteiger charge is 2.57. The largest absolute Gasteiger partial charge is 0.374 e. The molecule has 0 unspecified atom stereocenters. The summed E-state index contributed by atoms with van der Waals surface area (Å²) in [6.45, 7) is -1.15. The Morgan fingerprint density at radius 2 is 1.58 bits per heavy atom. The Bertz CT molecular complexity index is 1200. The number of nitrogens with zero attached hydrogens (tertiary/aromatic N) is 1. The van der Waals surface area contributed by atoms with Gasteiger partial charge in [-0.05, 0) is 11.1 Å². The summed E-state index contributed by atoms with van der Waals surface area (Å²) in [6, 6.07) is 19.5. The summed E-state index contributed by atoms with van der Waals surface area (Å²) in [6.07, 6.45) is -1.66. The van der Waals surface area contributed by atoms with E-state index in [0.29, 0.717) is 0 Å². The number of halogens is 1. The Morgan fingerprint density at radius 1 is 0.939 bits per heavy atom. The van der Waals surface area contributed by atoms with Crippen LogP contribution < -0.4 is 11.2 Å². The van der Waals surface area contributed by atoms with Crippen LogP contribution in [-0.4, -0.2) is 40.3 Å². The Morgan fingerprint density at radius 3 is 2.18 bits per heavy atom. The molecule has 33 heavy (non-hydrogen) atoms. The number of nitrogens with one attached hydrogen (secondary N) is 1. The highest BCUT2D eigenvalue weighted by atomic mass is 19.1. The molecule has 1 fully saturated rings. The number of ketones is 1. The third-order valence-corrected chi connectivity index (χ3v) is 5.37.